The molecular formula is C12H18ClN3O4S. The Hall–Kier alpha value is -1.22. The Kier molecular flexibility index (Phi) is 6.09. The highest BCUT2D eigenvalue weighted by molar-refractivity contribution is 7.89. The Morgan fingerprint density at radius 1 is 1.43 bits per heavy atom. The summed E-state index contributed by atoms with van der Waals surface area (Å²) >= 11 is 0. The molecule has 2 unspecified atom stereocenters. The zero-order chi connectivity index (χ0) is 14.8. The summed E-state index contributed by atoms with van der Waals surface area (Å²) in [5.41, 5.74) is -0.234. The molecule has 2 N–H and O–H groups in total. The predicted octanol–water partition coefficient (Wildman–Crippen LogP) is 1.44. The second kappa shape index (κ2) is 7.17. The molecule has 0 saturated carbocycles. The summed E-state index contributed by atoms with van der Waals surface area (Å²) in [6.07, 6.45) is 1.65. The quantitative estimate of drug-likeness (QED) is 0.640. The summed E-state index contributed by atoms with van der Waals surface area (Å²) < 4.78 is 27.1. The van der Waals surface area contributed by atoms with Gasteiger partial charge in [-0.25, -0.2) is 13.1 Å². The van der Waals surface area contributed by atoms with Crippen LogP contribution in [0.1, 0.15) is 19.8 Å². The normalized spacial score (nSPS) is 22.3. The highest BCUT2D eigenvalue weighted by Crippen LogP contribution is 2.19. The monoisotopic (exact) mass is 335 g/mol. The smallest absolute Gasteiger partial charge is 0.270 e. The third kappa shape index (κ3) is 4.37. The fraction of sp³-hybridized carbons (Fsp3) is 0.500. The summed E-state index contributed by atoms with van der Waals surface area (Å²) in [4.78, 5) is 10.0. The number of hydrogen-bond acceptors (Lipinski definition) is 5. The first-order valence-electron chi connectivity index (χ1n) is 6.40. The molecule has 2 atom stereocenters. The number of rotatable bonds is 4. The van der Waals surface area contributed by atoms with Crippen LogP contribution in [0.15, 0.2) is 29.2 Å². The van der Waals surface area contributed by atoms with E-state index in [0.29, 0.717) is 0 Å². The lowest BCUT2D eigenvalue weighted by Crippen LogP contribution is -2.51. The molecule has 7 nitrogen and oxygen atoms in total. The Morgan fingerprint density at radius 3 is 2.76 bits per heavy atom. The average molecular weight is 336 g/mol. The van der Waals surface area contributed by atoms with Crippen LogP contribution in [-0.2, 0) is 10.0 Å². The molecule has 1 aromatic carbocycles. The summed E-state index contributed by atoms with van der Waals surface area (Å²) in [5.74, 6) is 0. The van der Waals surface area contributed by atoms with Crippen LogP contribution in [0.2, 0.25) is 0 Å². The summed E-state index contributed by atoms with van der Waals surface area (Å²) in [7, 11) is -3.74. The van der Waals surface area contributed by atoms with E-state index in [4.69, 9.17) is 0 Å². The Morgan fingerprint density at radius 2 is 2.14 bits per heavy atom. The lowest BCUT2D eigenvalue weighted by atomic mass is 10.0. The van der Waals surface area contributed by atoms with E-state index in [1.807, 2.05) is 6.92 Å². The van der Waals surface area contributed by atoms with Gasteiger partial charge in [-0.3, -0.25) is 10.1 Å². The summed E-state index contributed by atoms with van der Waals surface area (Å²) in [5, 5.41) is 13.9. The number of piperidine rings is 1. The third-order valence-electron chi connectivity index (χ3n) is 3.41. The van der Waals surface area contributed by atoms with Gasteiger partial charge in [0, 0.05) is 24.2 Å². The molecule has 0 bridgehead atoms. The van der Waals surface area contributed by atoms with Gasteiger partial charge >= 0.3 is 0 Å². The third-order valence-corrected chi connectivity index (χ3v) is 4.89. The molecule has 21 heavy (non-hydrogen) atoms. The zero-order valence-electron chi connectivity index (χ0n) is 11.5. The number of sulfonamides is 1. The van der Waals surface area contributed by atoms with Gasteiger partial charge in [-0.2, -0.15) is 0 Å². The molecule has 0 aliphatic carbocycles. The number of nitro benzene ring substituents is 1. The standard InChI is InChI=1S/C12H17N3O4S.ClH/c1-9-12(6-3-7-13-9)14-20(18,19)11-5-2-4-10(8-11)15(16)17;/h2,4-5,8-9,12-14H,3,6-7H2,1H3;1H. The van der Waals surface area contributed by atoms with Gasteiger partial charge in [-0.1, -0.05) is 6.07 Å². The van der Waals surface area contributed by atoms with Gasteiger partial charge in [0.05, 0.1) is 9.82 Å². The van der Waals surface area contributed by atoms with E-state index >= 15 is 0 Å². The fourth-order valence-corrected chi connectivity index (χ4v) is 3.63. The maximum atomic E-state index is 12.3. The lowest BCUT2D eigenvalue weighted by molar-refractivity contribution is -0.385. The molecule has 1 heterocycles. The van der Waals surface area contributed by atoms with Gasteiger partial charge in [-0.15, -0.1) is 12.4 Å². The van der Waals surface area contributed by atoms with Gasteiger partial charge in [0.1, 0.15) is 0 Å². The van der Waals surface area contributed by atoms with E-state index in [0.717, 1.165) is 25.5 Å². The molecule has 0 aromatic heterocycles. The highest BCUT2D eigenvalue weighted by atomic mass is 35.5. The summed E-state index contributed by atoms with van der Waals surface area (Å²) in [6.45, 7) is 2.79. The van der Waals surface area contributed by atoms with E-state index in [1.165, 1.54) is 18.2 Å². The van der Waals surface area contributed by atoms with Gasteiger partial charge in [0.15, 0.2) is 0 Å². The van der Waals surface area contributed by atoms with Crippen molar-refractivity contribution in [1.82, 2.24) is 10.0 Å². The topological polar surface area (TPSA) is 101 Å². The van der Waals surface area contributed by atoms with E-state index in [-0.39, 0.29) is 35.1 Å². The second-order valence-corrected chi connectivity index (χ2v) is 6.58. The van der Waals surface area contributed by atoms with Crippen LogP contribution in [0.3, 0.4) is 0 Å². The number of nitro groups is 1. The molecule has 1 aliphatic heterocycles. The van der Waals surface area contributed by atoms with Crippen LogP contribution < -0.4 is 10.0 Å². The first-order chi connectivity index (χ1) is 9.40. The number of halogens is 1. The molecule has 1 aliphatic rings. The minimum absolute atomic E-state index is 0. The van der Waals surface area contributed by atoms with Crippen LogP contribution in [0.5, 0.6) is 0 Å². The van der Waals surface area contributed by atoms with Crippen molar-refractivity contribution in [2.45, 2.75) is 36.7 Å². The largest absolute Gasteiger partial charge is 0.313 e. The predicted molar refractivity (Wildman–Crippen MR) is 81.2 cm³/mol. The van der Waals surface area contributed by atoms with Crippen molar-refractivity contribution in [3.8, 4) is 0 Å². The molecular weight excluding hydrogens is 318 g/mol. The molecule has 1 saturated heterocycles. The van der Waals surface area contributed by atoms with Crippen LogP contribution in [0.4, 0.5) is 5.69 Å². The second-order valence-electron chi connectivity index (χ2n) is 4.87. The van der Waals surface area contributed by atoms with Crippen molar-refractivity contribution in [3.63, 3.8) is 0 Å². The fourth-order valence-electron chi connectivity index (χ4n) is 2.24. The molecule has 1 aromatic rings. The van der Waals surface area contributed by atoms with Crippen molar-refractivity contribution in [3.05, 3.63) is 34.4 Å². The van der Waals surface area contributed by atoms with Crippen molar-refractivity contribution in [1.29, 1.82) is 0 Å². The van der Waals surface area contributed by atoms with Crippen molar-refractivity contribution in [2.75, 3.05) is 6.54 Å². The zero-order valence-corrected chi connectivity index (χ0v) is 13.1. The average Bonchev–Trinajstić information content (AvgIpc) is 2.41. The number of non-ortho nitro benzene ring substituents is 1. The number of nitrogens with one attached hydrogen (secondary N) is 2. The first-order valence-corrected chi connectivity index (χ1v) is 7.88. The van der Waals surface area contributed by atoms with E-state index < -0.39 is 14.9 Å². The molecule has 1 fully saturated rings. The van der Waals surface area contributed by atoms with Gasteiger partial charge < -0.3 is 5.32 Å². The van der Waals surface area contributed by atoms with E-state index in [1.54, 1.807) is 0 Å². The van der Waals surface area contributed by atoms with Crippen molar-refractivity contribution >= 4 is 28.1 Å². The maximum absolute atomic E-state index is 12.3. The number of hydrogen-bond donors (Lipinski definition) is 2. The van der Waals surface area contributed by atoms with Crippen LogP contribution in [0.25, 0.3) is 0 Å². The van der Waals surface area contributed by atoms with Crippen molar-refractivity contribution in [2.24, 2.45) is 0 Å². The van der Waals surface area contributed by atoms with Gasteiger partial charge in [0.25, 0.3) is 5.69 Å². The molecule has 0 amide bonds. The minimum atomic E-state index is -3.74. The number of benzene rings is 1. The SMILES string of the molecule is CC1NCCCC1NS(=O)(=O)c1cccc([N+](=O)[O-])c1.Cl. The van der Waals surface area contributed by atoms with E-state index in [9.17, 15) is 18.5 Å². The minimum Gasteiger partial charge on any atom is -0.313 e. The highest BCUT2D eigenvalue weighted by Gasteiger charge is 2.27. The van der Waals surface area contributed by atoms with Crippen LogP contribution in [-0.4, -0.2) is 32.0 Å². The van der Waals surface area contributed by atoms with Crippen LogP contribution in [0, 0.1) is 10.1 Å². The Balaban J connectivity index is 0.00000220. The molecule has 0 spiro atoms. The van der Waals surface area contributed by atoms with Crippen molar-refractivity contribution < 1.29 is 13.3 Å². The molecule has 2 rings (SSSR count). The molecule has 0 radical (unpaired) electrons. The lowest BCUT2D eigenvalue weighted by Gasteiger charge is -2.30. The Labute approximate surface area is 129 Å². The van der Waals surface area contributed by atoms with Gasteiger partial charge in [0.2, 0.25) is 10.0 Å². The molecule has 118 valence electrons. The molecule has 9 heteroatoms. The first kappa shape index (κ1) is 17.8. The summed E-state index contributed by atoms with van der Waals surface area (Å²) in [6, 6.07) is 4.91. The maximum Gasteiger partial charge on any atom is 0.270 e. The van der Waals surface area contributed by atoms with Gasteiger partial charge in [-0.05, 0) is 32.4 Å². The van der Waals surface area contributed by atoms with Crippen LogP contribution >= 0.6 is 12.4 Å². The Bertz CT molecular complexity index is 608. The van der Waals surface area contributed by atoms with E-state index in [2.05, 4.69) is 10.0 Å². The number of nitrogens with zero attached hydrogens (tertiary/aromatic N) is 1.